The predicted octanol–water partition coefficient (Wildman–Crippen LogP) is 2.20. The van der Waals surface area contributed by atoms with Crippen LogP contribution in [0.2, 0.25) is 0 Å². The molecule has 3 unspecified atom stereocenters. The Labute approximate surface area is 120 Å². The number of carbonyl (C=O) groups is 1. The van der Waals surface area contributed by atoms with Crippen molar-refractivity contribution in [1.29, 1.82) is 0 Å². The van der Waals surface area contributed by atoms with Gasteiger partial charge in [-0.05, 0) is 31.1 Å². The number of esters is 1. The minimum atomic E-state index is -5.14. The summed E-state index contributed by atoms with van der Waals surface area (Å²) in [7, 11) is -4.60. The summed E-state index contributed by atoms with van der Waals surface area (Å²) in [5.74, 6) is -5.08. The molecular weight excluding hydrogens is 316 g/mol. The third-order valence-corrected chi connectivity index (χ3v) is 5.16. The molecule has 0 spiro atoms. The Balaban J connectivity index is 1.82. The van der Waals surface area contributed by atoms with Crippen molar-refractivity contribution in [2.45, 2.75) is 43.3 Å². The van der Waals surface area contributed by atoms with E-state index in [4.69, 9.17) is 0 Å². The first kappa shape index (κ1) is 16.5. The van der Waals surface area contributed by atoms with Crippen LogP contribution in [0, 0.1) is 17.8 Å². The van der Waals surface area contributed by atoms with Crippen molar-refractivity contribution in [1.82, 2.24) is 0 Å². The summed E-state index contributed by atoms with van der Waals surface area (Å²) < 4.78 is 76.7. The van der Waals surface area contributed by atoms with Crippen LogP contribution in [0.3, 0.4) is 0 Å². The summed E-state index contributed by atoms with van der Waals surface area (Å²) in [6, 6.07) is 0. The lowest BCUT2D eigenvalue weighted by molar-refractivity contribution is -0.173. The van der Waals surface area contributed by atoms with Crippen molar-refractivity contribution in [3.63, 3.8) is 0 Å². The van der Waals surface area contributed by atoms with Crippen molar-refractivity contribution in [2.24, 2.45) is 17.8 Å². The van der Waals surface area contributed by atoms with Gasteiger partial charge in [0.05, 0.1) is 18.9 Å². The fourth-order valence-corrected chi connectivity index (χ4v) is 3.58. The van der Waals surface area contributed by atoms with E-state index in [1.54, 1.807) is 0 Å². The molecule has 4 nitrogen and oxygen atoms in total. The molecule has 0 saturated heterocycles. The molecule has 0 radical (unpaired) electrons. The maximum atomic E-state index is 13.1. The Hall–Kier alpha value is -0.860. The van der Waals surface area contributed by atoms with Gasteiger partial charge in [-0.2, -0.15) is 17.6 Å². The molecule has 21 heavy (non-hydrogen) atoms. The molecule has 2 rings (SSSR count). The lowest BCUT2D eigenvalue weighted by Gasteiger charge is -2.23. The van der Waals surface area contributed by atoms with E-state index in [2.05, 4.69) is 4.74 Å². The zero-order chi connectivity index (χ0) is 15.8. The third-order valence-electron chi connectivity index (χ3n) is 4.37. The van der Waals surface area contributed by atoms with Crippen LogP contribution in [0.15, 0.2) is 0 Å². The zero-order valence-electron chi connectivity index (χ0n) is 11.1. The van der Waals surface area contributed by atoms with E-state index in [9.17, 15) is 30.8 Å². The summed E-state index contributed by atoms with van der Waals surface area (Å²) in [6.45, 7) is -0.918. The van der Waals surface area contributed by atoms with E-state index >= 15 is 0 Å². The van der Waals surface area contributed by atoms with Gasteiger partial charge in [0.15, 0.2) is 0 Å². The molecule has 0 N–H and O–H groups in total. The minimum Gasteiger partial charge on any atom is -0.465 e. The summed E-state index contributed by atoms with van der Waals surface area (Å²) in [5, 5.41) is -5.14. The summed E-state index contributed by atoms with van der Waals surface area (Å²) in [6.07, 6.45) is 2.01. The van der Waals surface area contributed by atoms with E-state index in [1.807, 2.05) is 0 Å². The first-order valence-corrected chi connectivity index (χ1v) is 7.89. The number of alkyl halides is 4. The van der Waals surface area contributed by atoms with Crippen LogP contribution in [-0.4, -0.2) is 32.2 Å². The largest absolute Gasteiger partial charge is 0.465 e. The summed E-state index contributed by atoms with van der Waals surface area (Å²) in [5.41, 5.74) is 0. The van der Waals surface area contributed by atoms with Gasteiger partial charge >= 0.3 is 17.1 Å². The maximum Gasteiger partial charge on any atom is 0.404 e. The normalized spacial score (nSPS) is 29.1. The zero-order valence-corrected chi connectivity index (χ0v) is 12.0. The first-order valence-electron chi connectivity index (χ1n) is 6.72. The average Bonchev–Trinajstić information content (AvgIpc) is 3.00. The Bertz CT molecular complexity index is 484. The molecule has 0 aromatic heterocycles. The molecule has 2 aliphatic carbocycles. The molecule has 122 valence electrons. The number of hydrogen-bond acceptors (Lipinski definition) is 4. The fraction of sp³-hybridized carbons (Fsp3) is 0.917. The van der Waals surface area contributed by atoms with Crippen molar-refractivity contribution in [3.05, 3.63) is 0 Å². The number of ether oxygens (including phenoxy) is 1. The smallest absolute Gasteiger partial charge is 0.404 e. The fourth-order valence-electron chi connectivity index (χ4n) is 3.20. The lowest BCUT2D eigenvalue weighted by Crippen LogP contribution is -2.42. The monoisotopic (exact) mass is 332 g/mol. The van der Waals surface area contributed by atoms with Crippen LogP contribution in [0.1, 0.15) is 32.1 Å². The summed E-state index contributed by atoms with van der Waals surface area (Å²) in [4.78, 5) is 11.7. The van der Waals surface area contributed by atoms with Crippen molar-refractivity contribution >= 4 is 16.7 Å². The predicted molar refractivity (Wildman–Crippen MR) is 64.7 cm³/mol. The van der Waals surface area contributed by atoms with Crippen LogP contribution in [-0.2, 0) is 20.2 Å². The van der Waals surface area contributed by atoms with Gasteiger partial charge in [0, 0.05) is 0 Å². The van der Waals surface area contributed by atoms with Gasteiger partial charge in [0.2, 0.25) is 10.7 Å². The second-order valence-electron chi connectivity index (χ2n) is 5.70. The van der Waals surface area contributed by atoms with Gasteiger partial charge in [-0.3, -0.25) is 4.79 Å². The van der Waals surface area contributed by atoms with Crippen molar-refractivity contribution < 1.29 is 35.5 Å². The molecule has 0 aliphatic heterocycles. The van der Waals surface area contributed by atoms with E-state index in [-0.39, 0.29) is 11.8 Å². The van der Waals surface area contributed by atoms with Crippen LogP contribution >= 0.6 is 0 Å². The standard InChI is InChI=1S/C12H16F4O4S/c13-11(14,12(15,16)21(18)19)3-4-20-10(17)9-6-7-1-2-8(9)5-7/h7-9,21H,1-6H2. The number of carbonyl (C=O) groups excluding carboxylic acids is 1. The Kier molecular flexibility index (Phi) is 4.51. The van der Waals surface area contributed by atoms with Gasteiger partial charge in [0.25, 0.3) is 0 Å². The Morgan fingerprint density at radius 3 is 2.29 bits per heavy atom. The molecule has 2 fully saturated rings. The van der Waals surface area contributed by atoms with E-state index < -0.39 is 40.9 Å². The molecular formula is C12H16F4O4S. The van der Waals surface area contributed by atoms with E-state index in [0.29, 0.717) is 12.3 Å². The molecule has 0 aromatic rings. The lowest BCUT2D eigenvalue weighted by atomic mass is 9.89. The molecule has 3 atom stereocenters. The highest BCUT2D eigenvalue weighted by atomic mass is 32.2. The minimum absolute atomic E-state index is 0.195. The van der Waals surface area contributed by atoms with Crippen LogP contribution < -0.4 is 0 Å². The topological polar surface area (TPSA) is 60.4 Å². The van der Waals surface area contributed by atoms with Crippen LogP contribution in [0.5, 0.6) is 0 Å². The number of fused-ring (bicyclic) bond motifs is 2. The second-order valence-corrected chi connectivity index (χ2v) is 6.78. The second kappa shape index (κ2) is 5.73. The van der Waals surface area contributed by atoms with Gasteiger partial charge in [0.1, 0.15) is 0 Å². The van der Waals surface area contributed by atoms with Gasteiger partial charge in [-0.25, -0.2) is 8.42 Å². The summed E-state index contributed by atoms with van der Waals surface area (Å²) >= 11 is 0. The molecule has 2 bridgehead atoms. The highest BCUT2D eigenvalue weighted by Gasteiger charge is 2.59. The molecule has 2 saturated carbocycles. The average molecular weight is 332 g/mol. The van der Waals surface area contributed by atoms with Crippen molar-refractivity contribution in [3.8, 4) is 0 Å². The Morgan fingerprint density at radius 2 is 1.81 bits per heavy atom. The molecule has 0 amide bonds. The van der Waals surface area contributed by atoms with Gasteiger partial charge in [-0.15, -0.1) is 0 Å². The van der Waals surface area contributed by atoms with Gasteiger partial charge < -0.3 is 4.74 Å². The number of thiol groups is 1. The van der Waals surface area contributed by atoms with Crippen molar-refractivity contribution in [2.75, 3.05) is 6.61 Å². The third kappa shape index (κ3) is 3.17. The quantitative estimate of drug-likeness (QED) is 0.460. The first-order chi connectivity index (χ1) is 9.65. The van der Waals surface area contributed by atoms with Crippen LogP contribution in [0.4, 0.5) is 17.6 Å². The van der Waals surface area contributed by atoms with E-state index in [0.717, 1.165) is 19.3 Å². The number of rotatable bonds is 6. The molecule has 2 aliphatic rings. The number of hydrogen-bond donors (Lipinski definition) is 1. The molecule has 0 heterocycles. The van der Waals surface area contributed by atoms with Gasteiger partial charge in [-0.1, -0.05) is 6.42 Å². The van der Waals surface area contributed by atoms with Crippen LogP contribution in [0.25, 0.3) is 0 Å². The maximum absolute atomic E-state index is 13.1. The highest BCUT2D eigenvalue weighted by molar-refractivity contribution is 7.73. The Morgan fingerprint density at radius 1 is 1.14 bits per heavy atom. The SMILES string of the molecule is O=C(OCCC(F)(F)C(F)(F)[SH](=O)=O)C1CC2CCC1C2. The molecule has 0 aromatic carbocycles. The molecule has 9 heteroatoms. The highest BCUT2D eigenvalue weighted by Crippen LogP contribution is 2.48. The number of halogens is 4. The van der Waals surface area contributed by atoms with E-state index in [1.165, 1.54) is 0 Å².